The number of hydrogen-bond donors (Lipinski definition) is 0. The van der Waals surface area contributed by atoms with Gasteiger partial charge in [0.15, 0.2) is 0 Å². The molecule has 1 aromatic carbocycles. The molecule has 1 aromatic rings. The molecule has 0 bridgehead atoms. The first-order valence-electron chi connectivity index (χ1n) is 7.71. The van der Waals surface area contributed by atoms with Gasteiger partial charge in [-0.1, -0.05) is 23.6 Å². The molecule has 0 N–H and O–H groups in total. The van der Waals surface area contributed by atoms with E-state index in [0.29, 0.717) is 30.9 Å². The molecule has 1 saturated heterocycles. The molecule has 1 atom stereocenters. The molecule has 128 valence electrons. The minimum absolute atomic E-state index is 0.156. The summed E-state index contributed by atoms with van der Waals surface area (Å²) in [4.78, 5) is 43.0. The standard InChI is InChI=1S/C16H16F2N2O4/c17-13(18)9-19-8-4-3-7-12(19)16(23)24-20-14(21)10-5-1-2-6-11(10)15(20)22/h1-2,5-6,12-13H,3-4,7-9H2. The zero-order valence-corrected chi connectivity index (χ0v) is 12.8. The molecule has 2 amide bonds. The first kappa shape index (κ1) is 16.5. The lowest BCUT2D eigenvalue weighted by Gasteiger charge is -2.33. The molecule has 2 aliphatic rings. The molecule has 24 heavy (non-hydrogen) atoms. The van der Waals surface area contributed by atoms with E-state index in [4.69, 9.17) is 4.84 Å². The van der Waals surface area contributed by atoms with Crippen LogP contribution in [0, 0.1) is 0 Å². The number of nitrogens with zero attached hydrogens (tertiary/aromatic N) is 2. The largest absolute Gasteiger partial charge is 0.350 e. The molecular weight excluding hydrogens is 322 g/mol. The molecule has 0 radical (unpaired) electrons. The van der Waals surface area contributed by atoms with E-state index in [9.17, 15) is 23.2 Å². The van der Waals surface area contributed by atoms with Crippen molar-refractivity contribution in [2.24, 2.45) is 0 Å². The summed E-state index contributed by atoms with van der Waals surface area (Å²) in [7, 11) is 0. The van der Waals surface area contributed by atoms with Crippen molar-refractivity contribution in [1.82, 2.24) is 9.96 Å². The van der Waals surface area contributed by atoms with E-state index >= 15 is 0 Å². The Kier molecular flexibility index (Phi) is 4.57. The summed E-state index contributed by atoms with van der Waals surface area (Å²) in [5.74, 6) is -2.30. The number of carbonyl (C=O) groups excluding carboxylic acids is 3. The second kappa shape index (κ2) is 6.64. The van der Waals surface area contributed by atoms with Crippen molar-refractivity contribution < 1.29 is 28.0 Å². The fraction of sp³-hybridized carbons (Fsp3) is 0.438. The van der Waals surface area contributed by atoms with Crippen molar-refractivity contribution in [2.75, 3.05) is 13.1 Å². The van der Waals surface area contributed by atoms with Crippen LogP contribution in [0.2, 0.25) is 0 Å². The van der Waals surface area contributed by atoms with Crippen LogP contribution in [0.5, 0.6) is 0 Å². The number of likely N-dealkylation sites (tertiary alicyclic amines) is 1. The highest BCUT2D eigenvalue weighted by molar-refractivity contribution is 6.20. The first-order valence-corrected chi connectivity index (χ1v) is 7.71. The van der Waals surface area contributed by atoms with Gasteiger partial charge in [-0.05, 0) is 31.5 Å². The Balaban J connectivity index is 1.73. The number of halogens is 2. The second-order valence-corrected chi connectivity index (χ2v) is 5.76. The highest BCUT2D eigenvalue weighted by Crippen LogP contribution is 2.25. The van der Waals surface area contributed by atoms with Crippen LogP contribution in [0.4, 0.5) is 8.78 Å². The lowest BCUT2D eigenvalue weighted by Crippen LogP contribution is -2.49. The van der Waals surface area contributed by atoms with E-state index in [2.05, 4.69) is 0 Å². The van der Waals surface area contributed by atoms with Crippen LogP contribution in [0.25, 0.3) is 0 Å². The number of rotatable bonds is 4. The molecule has 0 spiro atoms. The van der Waals surface area contributed by atoms with Crippen LogP contribution < -0.4 is 0 Å². The fourth-order valence-electron chi connectivity index (χ4n) is 3.05. The number of benzene rings is 1. The second-order valence-electron chi connectivity index (χ2n) is 5.76. The highest BCUT2D eigenvalue weighted by atomic mass is 19.3. The SMILES string of the molecule is O=C(ON1C(=O)c2ccccc2C1=O)C1CCCCN1CC(F)F. The molecule has 1 fully saturated rings. The van der Waals surface area contributed by atoms with Crippen molar-refractivity contribution >= 4 is 17.8 Å². The lowest BCUT2D eigenvalue weighted by molar-refractivity contribution is -0.177. The first-order chi connectivity index (χ1) is 11.5. The van der Waals surface area contributed by atoms with Gasteiger partial charge in [-0.15, -0.1) is 0 Å². The monoisotopic (exact) mass is 338 g/mol. The van der Waals surface area contributed by atoms with Gasteiger partial charge in [0.05, 0.1) is 17.7 Å². The fourth-order valence-corrected chi connectivity index (χ4v) is 3.05. The summed E-state index contributed by atoms with van der Waals surface area (Å²) in [5.41, 5.74) is 0.312. The molecule has 8 heteroatoms. The van der Waals surface area contributed by atoms with Crippen LogP contribution in [0.3, 0.4) is 0 Å². The minimum atomic E-state index is -2.57. The topological polar surface area (TPSA) is 66.9 Å². The Hall–Kier alpha value is -2.35. The van der Waals surface area contributed by atoms with Crippen LogP contribution in [0.1, 0.15) is 40.0 Å². The zero-order chi connectivity index (χ0) is 17.3. The maximum atomic E-state index is 12.7. The number of carbonyl (C=O) groups is 3. The number of hydrogen-bond acceptors (Lipinski definition) is 5. The zero-order valence-electron chi connectivity index (χ0n) is 12.8. The van der Waals surface area contributed by atoms with Gasteiger partial charge in [-0.2, -0.15) is 0 Å². The third-order valence-corrected chi connectivity index (χ3v) is 4.20. The van der Waals surface area contributed by atoms with Crippen LogP contribution >= 0.6 is 0 Å². The van der Waals surface area contributed by atoms with Gasteiger partial charge >= 0.3 is 5.97 Å². The highest BCUT2D eigenvalue weighted by Gasteiger charge is 2.41. The van der Waals surface area contributed by atoms with Crippen molar-refractivity contribution in [3.8, 4) is 0 Å². The summed E-state index contributed by atoms with van der Waals surface area (Å²) in [5, 5.41) is 0.419. The number of hydroxylamine groups is 2. The molecule has 0 saturated carbocycles. The number of fused-ring (bicyclic) bond motifs is 1. The van der Waals surface area contributed by atoms with Crippen molar-refractivity contribution in [1.29, 1.82) is 0 Å². The van der Waals surface area contributed by atoms with Crippen molar-refractivity contribution in [2.45, 2.75) is 31.7 Å². The maximum absolute atomic E-state index is 12.7. The molecule has 0 aliphatic carbocycles. The Bertz CT molecular complexity index is 645. The van der Waals surface area contributed by atoms with Crippen molar-refractivity contribution in [3.63, 3.8) is 0 Å². The summed E-state index contributed by atoms with van der Waals surface area (Å²) in [6.07, 6.45) is -0.808. The van der Waals surface area contributed by atoms with Crippen LogP contribution in [-0.4, -0.2) is 53.3 Å². The molecule has 2 aliphatic heterocycles. The van der Waals surface area contributed by atoms with E-state index in [1.165, 1.54) is 17.0 Å². The molecule has 0 aromatic heterocycles. The Labute approximate surface area is 136 Å². The van der Waals surface area contributed by atoms with Gasteiger partial charge in [0, 0.05) is 0 Å². The van der Waals surface area contributed by atoms with Gasteiger partial charge in [-0.25, -0.2) is 13.6 Å². The summed E-state index contributed by atoms with van der Waals surface area (Å²) in [6, 6.07) is 5.25. The number of amides is 2. The molecule has 3 rings (SSSR count). The van der Waals surface area contributed by atoms with Gasteiger partial charge in [0.1, 0.15) is 6.04 Å². The number of piperidine rings is 1. The molecule has 6 nitrogen and oxygen atoms in total. The average Bonchev–Trinajstić information content (AvgIpc) is 2.80. The minimum Gasteiger partial charge on any atom is -0.328 e. The van der Waals surface area contributed by atoms with Gasteiger partial charge in [-0.3, -0.25) is 14.5 Å². The average molecular weight is 338 g/mol. The van der Waals surface area contributed by atoms with Crippen LogP contribution in [0.15, 0.2) is 24.3 Å². The Morgan fingerprint density at radius 1 is 1.17 bits per heavy atom. The lowest BCUT2D eigenvalue weighted by atomic mass is 10.0. The Morgan fingerprint density at radius 3 is 2.38 bits per heavy atom. The normalized spacial score (nSPS) is 21.3. The molecule has 1 unspecified atom stereocenters. The number of imide groups is 1. The summed E-state index contributed by atoms with van der Waals surface area (Å²) >= 11 is 0. The van der Waals surface area contributed by atoms with Gasteiger partial charge in [0.2, 0.25) is 0 Å². The molecular formula is C16H16F2N2O4. The third kappa shape index (κ3) is 3.01. The predicted molar refractivity (Wildman–Crippen MR) is 78.3 cm³/mol. The van der Waals surface area contributed by atoms with E-state index in [0.717, 1.165) is 0 Å². The molecule has 2 heterocycles. The van der Waals surface area contributed by atoms with Gasteiger partial charge in [0.25, 0.3) is 18.2 Å². The number of alkyl halides is 2. The van der Waals surface area contributed by atoms with Crippen LogP contribution in [-0.2, 0) is 9.63 Å². The Morgan fingerprint density at radius 2 is 1.79 bits per heavy atom. The summed E-state index contributed by atoms with van der Waals surface area (Å²) in [6.45, 7) is -0.186. The predicted octanol–water partition coefficient (Wildman–Crippen LogP) is 1.86. The van der Waals surface area contributed by atoms with Gasteiger partial charge < -0.3 is 4.84 Å². The van der Waals surface area contributed by atoms with E-state index in [1.54, 1.807) is 12.1 Å². The van der Waals surface area contributed by atoms with Crippen molar-refractivity contribution in [3.05, 3.63) is 35.4 Å². The third-order valence-electron chi connectivity index (χ3n) is 4.20. The smallest absolute Gasteiger partial charge is 0.328 e. The maximum Gasteiger partial charge on any atom is 0.350 e. The quantitative estimate of drug-likeness (QED) is 0.784. The van der Waals surface area contributed by atoms with E-state index < -0.39 is 36.8 Å². The van der Waals surface area contributed by atoms with E-state index in [1.807, 2.05) is 0 Å². The summed E-state index contributed by atoms with van der Waals surface area (Å²) < 4.78 is 25.3. The van der Waals surface area contributed by atoms with E-state index in [-0.39, 0.29) is 11.1 Å².